The third-order valence-corrected chi connectivity index (χ3v) is 4.08. The van der Waals surface area contributed by atoms with Gasteiger partial charge in [-0.15, -0.1) is 6.58 Å². The summed E-state index contributed by atoms with van der Waals surface area (Å²) in [4.78, 5) is 0. The van der Waals surface area contributed by atoms with Crippen LogP contribution in [0.1, 0.15) is 18.0 Å². The summed E-state index contributed by atoms with van der Waals surface area (Å²) in [6.45, 7) is 11.3. The highest BCUT2D eigenvalue weighted by molar-refractivity contribution is 6.76. The van der Waals surface area contributed by atoms with Gasteiger partial charge in [0.05, 0.1) is 0 Å². The van der Waals surface area contributed by atoms with E-state index in [0.717, 1.165) is 6.42 Å². The summed E-state index contributed by atoms with van der Waals surface area (Å²) in [6.07, 6.45) is 0.911. The predicted molar refractivity (Wildman–Crippen MR) is 75.3 cm³/mol. The molecule has 0 heterocycles. The number of benzene rings is 1. The van der Waals surface area contributed by atoms with Gasteiger partial charge in [-0.25, -0.2) is 0 Å². The maximum absolute atomic E-state index is 6.17. The maximum Gasteiger partial charge on any atom is 0.0483 e. The Kier molecular flexibility index (Phi) is 4.51. The second-order valence-electron chi connectivity index (χ2n) is 5.71. The Balaban J connectivity index is 2.52. The Morgan fingerprint density at radius 3 is 2.31 bits per heavy atom. The highest BCUT2D eigenvalue weighted by Crippen LogP contribution is 2.23. The van der Waals surface area contributed by atoms with Gasteiger partial charge in [0.1, 0.15) is 0 Å². The molecule has 1 nitrogen and oxygen atoms in total. The van der Waals surface area contributed by atoms with Crippen LogP contribution < -0.4 is 5.73 Å². The SMILES string of the molecule is C=C(C[C@H](N)c1ccccc1)C[Si](C)(C)C. The van der Waals surface area contributed by atoms with Gasteiger partial charge in [-0.3, -0.25) is 0 Å². The van der Waals surface area contributed by atoms with E-state index in [0.29, 0.717) is 0 Å². The van der Waals surface area contributed by atoms with E-state index in [2.05, 4.69) is 38.4 Å². The van der Waals surface area contributed by atoms with Crippen molar-refractivity contribution < 1.29 is 0 Å². The molecule has 0 aliphatic rings. The first kappa shape index (κ1) is 13.2. The van der Waals surface area contributed by atoms with Crippen LogP contribution in [0.3, 0.4) is 0 Å². The lowest BCUT2D eigenvalue weighted by Gasteiger charge is -2.20. The van der Waals surface area contributed by atoms with Crippen LogP contribution in [-0.2, 0) is 0 Å². The summed E-state index contributed by atoms with van der Waals surface area (Å²) in [5.74, 6) is 0. The van der Waals surface area contributed by atoms with Gasteiger partial charge in [0, 0.05) is 14.1 Å². The van der Waals surface area contributed by atoms with Gasteiger partial charge in [-0.1, -0.05) is 55.5 Å². The molecule has 0 aromatic heterocycles. The van der Waals surface area contributed by atoms with E-state index >= 15 is 0 Å². The molecule has 0 saturated carbocycles. The van der Waals surface area contributed by atoms with Gasteiger partial charge >= 0.3 is 0 Å². The summed E-state index contributed by atoms with van der Waals surface area (Å²) in [6, 6.07) is 11.6. The molecule has 2 N–H and O–H groups in total. The molecule has 1 aromatic rings. The monoisotopic (exact) mass is 233 g/mol. The Morgan fingerprint density at radius 2 is 1.81 bits per heavy atom. The third-order valence-electron chi connectivity index (χ3n) is 2.52. The molecular weight excluding hydrogens is 210 g/mol. The Morgan fingerprint density at radius 1 is 1.25 bits per heavy atom. The maximum atomic E-state index is 6.17. The molecule has 0 aliphatic heterocycles. The van der Waals surface area contributed by atoms with Crippen LogP contribution in [0.5, 0.6) is 0 Å². The molecule has 0 aliphatic carbocycles. The van der Waals surface area contributed by atoms with Crippen LogP contribution >= 0.6 is 0 Å². The van der Waals surface area contributed by atoms with Crippen molar-refractivity contribution in [1.82, 2.24) is 0 Å². The topological polar surface area (TPSA) is 26.0 Å². The average molecular weight is 233 g/mol. The quantitative estimate of drug-likeness (QED) is 0.604. The Hall–Kier alpha value is -0.863. The molecule has 1 atom stereocenters. The summed E-state index contributed by atoms with van der Waals surface area (Å²) in [5, 5.41) is 0. The van der Waals surface area contributed by atoms with Crippen molar-refractivity contribution in [2.24, 2.45) is 5.73 Å². The van der Waals surface area contributed by atoms with Crippen molar-refractivity contribution in [3.05, 3.63) is 48.0 Å². The second kappa shape index (κ2) is 5.46. The van der Waals surface area contributed by atoms with E-state index in [1.807, 2.05) is 18.2 Å². The zero-order chi connectivity index (χ0) is 12.2. The highest BCUT2D eigenvalue weighted by atomic mass is 28.3. The van der Waals surface area contributed by atoms with Crippen molar-refractivity contribution >= 4 is 8.07 Å². The molecule has 1 rings (SSSR count). The largest absolute Gasteiger partial charge is 0.324 e. The van der Waals surface area contributed by atoms with Crippen LogP contribution in [0.4, 0.5) is 0 Å². The number of hydrogen-bond donors (Lipinski definition) is 1. The smallest absolute Gasteiger partial charge is 0.0483 e. The Bertz CT molecular complexity index is 338. The third kappa shape index (κ3) is 4.77. The molecule has 0 saturated heterocycles. The van der Waals surface area contributed by atoms with Crippen LogP contribution in [0.15, 0.2) is 42.5 Å². The molecule has 0 radical (unpaired) electrons. The van der Waals surface area contributed by atoms with E-state index in [-0.39, 0.29) is 6.04 Å². The van der Waals surface area contributed by atoms with E-state index in [9.17, 15) is 0 Å². The fraction of sp³-hybridized carbons (Fsp3) is 0.429. The lowest BCUT2D eigenvalue weighted by atomic mass is 10.0. The molecular formula is C14H23NSi. The van der Waals surface area contributed by atoms with Crippen molar-refractivity contribution in [3.8, 4) is 0 Å². The lowest BCUT2D eigenvalue weighted by Crippen LogP contribution is -2.21. The van der Waals surface area contributed by atoms with Crippen molar-refractivity contribution in [2.45, 2.75) is 38.1 Å². The fourth-order valence-corrected chi connectivity index (χ4v) is 3.60. The van der Waals surface area contributed by atoms with Crippen LogP contribution in [0.2, 0.25) is 25.7 Å². The first-order chi connectivity index (χ1) is 7.38. The molecule has 0 bridgehead atoms. The molecule has 0 fully saturated rings. The van der Waals surface area contributed by atoms with Crippen molar-refractivity contribution in [1.29, 1.82) is 0 Å². The van der Waals surface area contributed by atoms with Crippen molar-refractivity contribution in [3.63, 3.8) is 0 Å². The van der Waals surface area contributed by atoms with E-state index in [1.165, 1.54) is 17.2 Å². The minimum absolute atomic E-state index is 0.102. The molecule has 0 unspecified atom stereocenters. The molecule has 0 amide bonds. The Labute approximate surface area is 100 Å². The molecule has 2 heteroatoms. The molecule has 1 aromatic carbocycles. The van der Waals surface area contributed by atoms with Crippen LogP contribution in [0, 0.1) is 0 Å². The van der Waals surface area contributed by atoms with Gasteiger partial charge in [0.2, 0.25) is 0 Å². The number of rotatable bonds is 5. The first-order valence-corrected chi connectivity index (χ1v) is 9.56. The minimum Gasteiger partial charge on any atom is -0.324 e. The van der Waals surface area contributed by atoms with Gasteiger partial charge in [-0.2, -0.15) is 0 Å². The van der Waals surface area contributed by atoms with E-state index in [4.69, 9.17) is 5.73 Å². The zero-order valence-corrected chi connectivity index (χ0v) is 11.7. The molecule has 88 valence electrons. The minimum atomic E-state index is -1.04. The van der Waals surface area contributed by atoms with Gasteiger partial charge in [0.25, 0.3) is 0 Å². The van der Waals surface area contributed by atoms with Gasteiger partial charge < -0.3 is 5.73 Å². The number of nitrogens with two attached hydrogens (primary N) is 1. The number of hydrogen-bond acceptors (Lipinski definition) is 1. The first-order valence-electron chi connectivity index (χ1n) is 5.86. The van der Waals surface area contributed by atoms with E-state index in [1.54, 1.807) is 0 Å². The predicted octanol–water partition coefficient (Wildman–Crippen LogP) is 3.97. The second-order valence-corrected chi connectivity index (χ2v) is 11.2. The highest BCUT2D eigenvalue weighted by Gasteiger charge is 2.16. The molecule has 0 spiro atoms. The summed E-state index contributed by atoms with van der Waals surface area (Å²) >= 11 is 0. The summed E-state index contributed by atoms with van der Waals surface area (Å²) < 4.78 is 0. The molecule has 16 heavy (non-hydrogen) atoms. The summed E-state index contributed by atoms with van der Waals surface area (Å²) in [7, 11) is -1.04. The zero-order valence-electron chi connectivity index (χ0n) is 10.7. The average Bonchev–Trinajstić information content (AvgIpc) is 2.16. The summed E-state index contributed by atoms with van der Waals surface area (Å²) in [5.41, 5.74) is 8.68. The van der Waals surface area contributed by atoms with Crippen LogP contribution in [-0.4, -0.2) is 8.07 Å². The standard InChI is InChI=1S/C14H23NSi/c1-12(11-16(2,3)4)10-14(15)13-8-6-5-7-9-13/h5-9,14H,1,10-11,15H2,2-4H3/t14-/m0/s1. The van der Waals surface area contributed by atoms with Crippen LogP contribution in [0.25, 0.3) is 0 Å². The lowest BCUT2D eigenvalue weighted by molar-refractivity contribution is 0.715. The van der Waals surface area contributed by atoms with E-state index < -0.39 is 8.07 Å². The van der Waals surface area contributed by atoms with Gasteiger partial charge in [-0.05, 0) is 18.0 Å². The normalized spacial score (nSPS) is 13.5. The van der Waals surface area contributed by atoms with Gasteiger partial charge in [0.15, 0.2) is 0 Å². The van der Waals surface area contributed by atoms with Crippen molar-refractivity contribution in [2.75, 3.05) is 0 Å². The fourth-order valence-electron chi connectivity index (χ4n) is 1.95.